The fourth-order valence-electron chi connectivity index (χ4n) is 4.34. The summed E-state index contributed by atoms with van der Waals surface area (Å²) in [7, 11) is 2.15. The number of aromatic nitrogens is 3. The van der Waals surface area contributed by atoms with Crippen molar-refractivity contribution < 1.29 is 0 Å². The Morgan fingerprint density at radius 2 is 1.95 bits per heavy atom. The van der Waals surface area contributed by atoms with E-state index in [0.717, 1.165) is 5.69 Å². The fraction of sp³-hybridized carbons (Fsp3) is 0.389. The van der Waals surface area contributed by atoms with E-state index in [1.54, 1.807) is 0 Å². The standard InChI is InChI=1S/C18H20N4/c1-11-15(13-5-3-4-6-14(13)21(11)2)17-18-16(19-20-17)12-7-9-22(18)10-8-12/h3-6,12H,7-10H2,1-2H3,(H,19,20). The summed E-state index contributed by atoms with van der Waals surface area (Å²) in [6.45, 7) is 4.55. The van der Waals surface area contributed by atoms with Crippen LogP contribution in [0.15, 0.2) is 24.3 Å². The molecule has 22 heavy (non-hydrogen) atoms. The maximum atomic E-state index is 4.75. The SMILES string of the molecule is Cc1c(-c2n[nH]c3c2N2CCC3CC2)c2ccccc2n1C. The second-order valence-corrected chi connectivity index (χ2v) is 6.63. The topological polar surface area (TPSA) is 36.9 Å². The van der Waals surface area contributed by atoms with Crippen LogP contribution >= 0.6 is 0 Å². The molecule has 3 aromatic rings. The first-order chi connectivity index (χ1) is 10.8. The molecular weight excluding hydrogens is 272 g/mol. The van der Waals surface area contributed by atoms with Crippen molar-refractivity contribution in [1.29, 1.82) is 0 Å². The third-order valence-corrected chi connectivity index (χ3v) is 5.62. The van der Waals surface area contributed by atoms with E-state index in [0.29, 0.717) is 5.92 Å². The van der Waals surface area contributed by atoms with E-state index in [4.69, 9.17) is 5.10 Å². The summed E-state index contributed by atoms with van der Waals surface area (Å²) in [5.74, 6) is 0.677. The van der Waals surface area contributed by atoms with Gasteiger partial charge in [-0.1, -0.05) is 18.2 Å². The number of benzene rings is 1. The van der Waals surface area contributed by atoms with E-state index >= 15 is 0 Å². The molecule has 6 rings (SSSR count). The number of aromatic amines is 1. The number of rotatable bonds is 1. The van der Waals surface area contributed by atoms with Gasteiger partial charge in [0.25, 0.3) is 0 Å². The highest BCUT2D eigenvalue weighted by Gasteiger charge is 2.36. The van der Waals surface area contributed by atoms with Gasteiger partial charge in [0.15, 0.2) is 0 Å². The molecule has 3 aliphatic rings. The Kier molecular flexibility index (Phi) is 2.33. The quantitative estimate of drug-likeness (QED) is 0.744. The van der Waals surface area contributed by atoms with Crippen LogP contribution in [-0.2, 0) is 7.05 Å². The van der Waals surface area contributed by atoms with Crippen molar-refractivity contribution in [3.8, 4) is 11.3 Å². The Morgan fingerprint density at radius 1 is 1.18 bits per heavy atom. The number of nitrogens with one attached hydrogen (secondary N) is 1. The Morgan fingerprint density at radius 3 is 2.77 bits per heavy atom. The van der Waals surface area contributed by atoms with Crippen LogP contribution in [0.4, 0.5) is 5.69 Å². The summed E-state index contributed by atoms with van der Waals surface area (Å²) in [6, 6.07) is 8.64. The van der Waals surface area contributed by atoms with Gasteiger partial charge < -0.3 is 9.47 Å². The molecule has 1 fully saturated rings. The van der Waals surface area contributed by atoms with Crippen LogP contribution in [0, 0.1) is 6.92 Å². The van der Waals surface area contributed by atoms with Crippen molar-refractivity contribution in [2.45, 2.75) is 25.7 Å². The Hall–Kier alpha value is -2.23. The number of anilines is 1. The summed E-state index contributed by atoms with van der Waals surface area (Å²) in [5, 5.41) is 9.41. The highest BCUT2D eigenvalue weighted by Crippen LogP contribution is 2.47. The predicted octanol–water partition coefficient (Wildman–Crippen LogP) is 3.57. The molecule has 112 valence electrons. The second-order valence-electron chi connectivity index (χ2n) is 6.63. The van der Waals surface area contributed by atoms with Crippen molar-refractivity contribution in [3.05, 3.63) is 35.7 Å². The summed E-state index contributed by atoms with van der Waals surface area (Å²) in [5.41, 5.74) is 7.74. The molecule has 1 aromatic carbocycles. The molecule has 0 radical (unpaired) electrons. The third kappa shape index (κ3) is 1.40. The van der Waals surface area contributed by atoms with Gasteiger partial charge in [-0.3, -0.25) is 5.10 Å². The normalized spacial score (nSPS) is 17.5. The molecular formula is C18H20N4. The highest BCUT2D eigenvalue weighted by atomic mass is 15.2. The van der Waals surface area contributed by atoms with Crippen molar-refractivity contribution in [2.24, 2.45) is 7.05 Å². The first-order valence-corrected chi connectivity index (χ1v) is 8.13. The number of hydrogen-bond acceptors (Lipinski definition) is 2. The van der Waals surface area contributed by atoms with Crippen LogP contribution in [0.25, 0.3) is 22.2 Å². The molecule has 4 heteroatoms. The summed E-state index contributed by atoms with van der Waals surface area (Å²) in [6.07, 6.45) is 2.53. The molecule has 5 heterocycles. The maximum Gasteiger partial charge on any atom is 0.118 e. The van der Waals surface area contributed by atoms with Crippen LogP contribution in [0.5, 0.6) is 0 Å². The first-order valence-electron chi connectivity index (χ1n) is 8.13. The zero-order valence-corrected chi connectivity index (χ0v) is 13.1. The van der Waals surface area contributed by atoms with E-state index in [1.165, 1.54) is 59.5 Å². The lowest BCUT2D eigenvalue weighted by Crippen LogP contribution is -2.38. The zero-order valence-electron chi connectivity index (χ0n) is 13.1. The van der Waals surface area contributed by atoms with Gasteiger partial charge in [-0.15, -0.1) is 0 Å². The molecule has 0 unspecified atom stereocenters. The minimum absolute atomic E-state index is 0.677. The monoisotopic (exact) mass is 292 g/mol. The van der Waals surface area contributed by atoms with Crippen molar-refractivity contribution in [1.82, 2.24) is 14.8 Å². The lowest BCUT2D eigenvalue weighted by atomic mass is 9.86. The van der Waals surface area contributed by atoms with E-state index in [-0.39, 0.29) is 0 Å². The van der Waals surface area contributed by atoms with Crippen molar-refractivity contribution in [2.75, 3.05) is 18.0 Å². The Balaban J connectivity index is 1.83. The average molecular weight is 292 g/mol. The number of fused-ring (bicyclic) bond motifs is 3. The number of hydrogen-bond donors (Lipinski definition) is 1. The van der Waals surface area contributed by atoms with Crippen LogP contribution in [-0.4, -0.2) is 27.9 Å². The molecule has 2 bridgehead atoms. The summed E-state index contributed by atoms with van der Waals surface area (Å²) >= 11 is 0. The number of para-hydroxylation sites is 1. The zero-order chi connectivity index (χ0) is 14.8. The number of piperidine rings is 1. The minimum Gasteiger partial charge on any atom is -0.368 e. The van der Waals surface area contributed by atoms with E-state index in [1.807, 2.05) is 0 Å². The number of aryl methyl sites for hydroxylation is 1. The molecule has 0 amide bonds. The van der Waals surface area contributed by atoms with Gasteiger partial charge in [-0.2, -0.15) is 5.10 Å². The van der Waals surface area contributed by atoms with Gasteiger partial charge >= 0.3 is 0 Å². The lowest BCUT2D eigenvalue weighted by Gasteiger charge is -2.40. The van der Waals surface area contributed by atoms with Crippen molar-refractivity contribution >= 4 is 16.6 Å². The van der Waals surface area contributed by atoms with Gasteiger partial charge in [0.2, 0.25) is 0 Å². The molecule has 3 aliphatic heterocycles. The molecule has 0 saturated carbocycles. The molecule has 1 saturated heterocycles. The van der Waals surface area contributed by atoms with E-state index in [9.17, 15) is 0 Å². The third-order valence-electron chi connectivity index (χ3n) is 5.62. The minimum atomic E-state index is 0.677. The van der Waals surface area contributed by atoms with Gasteiger partial charge in [0.05, 0.1) is 11.4 Å². The van der Waals surface area contributed by atoms with Gasteiger partial charge in [-0.05, 0) is 25.8 Å². The highest BCUT2D eigenvalue weighted by molar-refractivity contribution is 6.00. The average Bonchev–Trinajstić information content (AvgIpc) is 3.12. The van der Waals surface area contributed by atoms with Gasteiger partial charge in [0, 0.05) is 48.2 Å². The van der Waals surface area contributed by atoms with Gasteiger partial charge in [0.1, 0.15) is 5.69 Å². The largest absolute Gasteiger partial charge is 0.368 e. The molecule has 0 spiro atoms. The van der Waals surface area contributed by atoms with E-state index < -0.39 is 0 Å². The molecule has 1 N–H and O–H groups in total. The van der Waals surface area contributed by atoms with Crippen molar-refractivity contribution in [3.63, 3.8) is 0 Å². The Labute approximate surface area is 129 Å². The predicted molar refractivity (Wildman–Crippen MR) is 89.4 cm³/mol. The molecule has 2 aromatic heterocycles. The Bertz CT molecular complexity index is 878. The van der Waals surface area contributed by atoms with Crippen LogP contribution in [0.2, 0.25) is 0 Å². The molecule has 0 atom stereocenters. The first kappa shape index (κ1) is 12.3. The second kappa shape index (κ2) is 4.15. The van der Waals surface area contributed by atoms with Crippen LogP contribution < -0.4 is 4.90 Å². The van der Waals surface area contributed by atoms with Gasteiger partial charge in [-0.25, -0.2) is 0 Å². The summed E-state index contributed by atoms with van der Waals surface area (Å²) in [4.78, 5) is 2.52. The number of H-pyrrole nitrogens is 1. The summed E-state index contributed by atoms with van der Waals surface area (Å²) < 4.78 is 2.28. The molecule has 0 aliphatic carbocycles. The lowest BCUT2D eigenvalue weighted by molar-refractivity contribution is 0.466. The van der Waals surface area contributed by atoms with Crippen LogP contribution in [0.1, 0.15) is 30.1 Å². The number of nitrogens with zero attached hydrogens (tertiary/aromatic N) is 3. The smallest absolute Gasteiger partial charge is 0.118 e. The fourth-order valence-corrected chi connectivity index (χ4v) is 4.34. The van der Waals surface area contributed by atoms with Crippen LogP contribution in [0.3, 0.4) is 0 Å². The van der Waals surface area contributed by atoms with E-state index in [2.05, 4.69) is 52.8 Å². The maximum absolute atomic E-state index is 4.75. The molecule has 4 nitrogen and oxygen atoms in total.